The van der Waals surface area contributed by atoms with Gasteiger partial charge in [0.2, 0.25) is 11.8 Å². The summed E-state index contributed by atoms with van der Waals surface area (Å²) < 4.78 is 5.12. The van der Waals surface area contributed by atoms with Crippen LogP contribution in [0.1, 0.15) is 13.8 Å². The lowest BCUT2D eigenvalue weighted by Crippen LogP contribution is -2.36. The second-order valence-electron chi connectivity index (χ2n) is 3.86. The zero-order valence-corrected chi connectivity index (χ0v) is 10.9. The van der Waals surface area contributed by atoms with Crippen molar-refractivity contribution in [3.05, 3.63) is 24.3 Å². The first-order valence-electron chi connectivity index (χ1n) is 5.71. The number of nitrogens with zero attached hydrogens (tertiary/aromatic N) is 1. The maximum Gasteiger partial charge on any atom is 0.223 e. The van der Waals surface area contributed by atoms with E-state index in [2.05, 4.69) is 5.32 Å². The summed E-state index contributed by atoms with van der Waals surface area (Å²) in [6.07, 6.45) is 0. The Hall–Kier alpha value is -2.04. The largest absolute Gasteiger partial charge is 0.497 e. The van der Waals surface area contributed by atoms with Crippen LogP contribution in [0.25, 0.3) is 0 Å². The highest BCUT2D eigenvalue weighted by Gasteiger charge is 2.11. The number of anilines is 1. The molecule has 98 valence electrons. The summed E-state index contributed by atoms with van der Waals surface area (Å²) in [5.41, 5.74) is 0.757. The Balaban J connectivity index is 2.77. The lowest BCUT2D eigenvalue weighted by atomic mass is 10.2. The van der Waals surface area contributed by atoms with Gasteiger partial charge in [-0.05, 0) is 12.1 Å². The number of carbonyl (C=O) groups excluding carboxylic acids is 2. The molecule has 1 rings (SSSR count). The van der Waals surface area contributed by atoms with E-state index in [1.54, 1.807) is 18.1 Å². The van der Waals surface area contributed by atoms with Crippen LogP contribution in [-0.2, 0) is 9.59 Å². The monoisotopic (exact) mass is 250 g/mol. The van der Waals surface area contributed by atoms with Gasteiger partial charge in [-0.1, -0.05) is 6.07 Å². The van der Waals surface area contributed by atoms with Gasteiger partial charge in [-0.3, -0.25) is 9.59 Å². The molecule has 0 fully saturated rings. The molecule has 0 unspecified atom stereocenters. The van der Waals surface area contributed by atoms with Gasteiger partial charge in [0.05, 0.1) is 7.11 Å². The Kier molecular flexibility index (Phi) is 5.17. The smallest absolute Gasteiger partial charge is 0.223 e. The second kappa shape index (κ2) is 6.64. The predicted octanol–water partition coefficient (Wildman–Crippen LogP) is 1.18. The summed E-state index contributed by atoms with van der Waals surface area (Å²) in [6.45, 7) is 3.80. The van der Waals surface area contributed by atoms with Crippen molar-refractivity contribution in [1.29, 1.82) is 0 Å². The molecule has 0 aliphatic carbocycles. The van der Waals surface area contributed by atoms with Gasteiger partial charge in [-0.15, -0.1) is 0 Å². The molecule has 18 heavy (non-hydrogen) atoms. The number of methoxy groups -OCH3 is 1. The lowest BCUT2D eigenvalue weighted by molar-refractivity contribution is -0.119. The van der Waals surface area contributed by atoms with Crippen molar-refractivity contribution in [1.82, 2.24) is 5.32 Å². The summed E-state index contributed by atoms with van der Waals surface area (Å²) in [5, 5.41) is 2.67. The van der Waals surface area contributed by atoms with Gasteiger partial charge in [0, 0.05) is 38.7 Å². The Morgan fingerprint density at radius 1 is 1.33 bits per heavy atom. The zero-order valence-electron chi connectivity index (χ0n) is 10.9. The summed E-state index contributed by atoms with van der Waals surface area (Å²) in [5.74, 6) is 0.510. The number of benzene rings is 1. The summed E-state index contributed by atoms with van der Waals surface area (Å²) in [7, 11) is 1.58. The van der Waals surface area contributed by atoms with Crippen LogP contribution >= 0.6 is 0 Å². The molecule has 0 spiro atoms. The van der Waals surface area contributed by atoms with Gasteiger partial charge >= 0.3 is 0 Å². The fraction of sp³-hybridized carbons (Fsp3) is 0.385. The van der Waals surface area contributed by atoms with E-state index in [1.807, 2.05) is 18.2 Å². The number of ether oxygens (including phenoxy) is 1. The number of carbonyl (C=O) groups is 2. The third-order valence-electron chi connectivity index (χ3n) is 2.45. The molecule has 0 saturated heterocycles. The van der Waals surface area contributed by atoms with E-state index in [4.69, 9.17) is 4.74 Å². The van der Waals surface area contributed by atoms with Gasteiger partial charge in [0.15, 0.2) is 0 Å². The minimum Gasteiger partial charge on any atom is -0.497 e. The van der Waals surface area contributed by atoms with Gasteiger partial charge < -0.3 is 15.0 Å². The average Bonchev–Trinajstić information content (AvgIpc) is 2.34. The lowest BCUT2D eigenvalue weighted by Gasteiger charge is -2.21. The fourth-order valence-electron chi connectivity index (χ4n) is 1.59. The molecule has 1 aromatic carbocycles. The SMILES string of the molecule is COc1cccc(N(CCNC(C)=O)C(C)=O)c1. The van der Waals surface area contributed by atoms with Crippen molar-refractivity contribution in [2.75, 3.05) is 25.1 Å². The molecule has 0 aromatic heterocycles. The molecule has 0 aliphatic rings. The van der Waals surface area contributed by atoms with Crippen LogP contribution < -0.4 is 15.0 Å². The van der Waals surface area contributed by atoms with Crippen molar-refractivity contribution < 1.29 is 14.3 Å². The normalized spacial score (nSPS) is 9.72. The third-order valence-corrected chi connectivity index (χ3v) is 2.45. The van der Waals surface area contributed by atoms with E-state index < -0.39 is 0 Å². The van der Waals surface area contributed by atoms with Crippen LogP contribution in [0.15, 0.2) is 24.3 Å². The molecular weight excluding hydrogens is 232 g/mol. The van der Waals surface area contributed by atoms with Crippen LogP contribution in [-0.4, -0.2) is 32.0 Å². The van der Waals surface area contributed by atoms with Gasteiger partial charge in [-0.25, -0.2) is 0 Å². The van der Waals surface area contributed by atoms with Crippen LogP contribution in [0.2, 0.25) is 0 Å². The Morgan fingerprint density at radius 3 is 2.61 bits per heavy atom. The summed E-state index contributed by atoms with van der Waals surface area (Å²) in [4.78, 5) is 24.0. The highest BCUT2D eigenvalue weighted by molar-refractivity contribution is 5.91. The van der Waals surface area contributed by atoms with Crippen LogP contribution in [0.4, 0.5) is 5.69 Å². The molecule has 0 radical (unpaired) electrons. The number of amides is 2. The first-order valence-corrected chi connectivity index (χ1v) is 5.71. The standard InChI is InChI=1S/C13H18N2O3/c1-10(16)14-7-8-15(11(2)17)12-5-4-6-13(9-12)18-3/h4-6,9H,7-8H2,1-3H3,(H,14,16). The maximum absolute atomic E-state index is 11.6. The maximum atomic E-state index is 11.6. The first kappa shape index (κ1) is 14.0. The molecule has 1 N–H and O–H groups in total. The first-order chi connectivity index (χ1) is 8.54. The molecule has 0 bridgehead atoms. The van der Waals surface area contributed by atoms with Crippen LogP contribution in [0.3, 0.4) is 0 Å². The van der Waals surface area contributed by atoms with Crippen molar-refractivity contribution >= 4 is 17.5 Å². The molecule has 5 nitrogen and oxygen atoms in total. The molecule has 0 saturated carbocycles. The zero-order chi connectivity index (χ0) is 13.5. The predicted molar refractivity (Wildman–Crippen MR) is 69.7 cm³/mol. The second-order valence-corrected chi connectivity index (χ2v) is 3.86. The van der Waals surface area contributed by atoms with E-state index >= 15 is 0 Å². The molecule has 0 heterocycles. The number of hydrogen-bond donors (Lipinski definition) is 1. The van der Waals surface area contributed by atoms with Crippen molar-refractivity contribution in [2.45, 2.75) is 13.8 Å². The number of nitrogens with one attached hydrogen (secondary N) is 1. The Morgan fingerprint density at radius 2 is 2.06 bits per heavy atom. The third kappa shape index (κ3) is 4.08. The van der Waals surface area contributed by atoms with Crippen molar-refractivity contribution in [3.8, 4) is 5.75 Å². The molecule has 2 amide bonds. The highest BCUT2D eigenvalue weighted by atomic mass is 16.5. The van der Waals surface area contributed by atoms with Gasteiger partial charge in [0.25, 0.3) is 0 Å². The van der Waals surface area contributed by atoms with Crippen LogP contribution in [0, 0.1) is 0 Å². The Bertz CT molecular complexity index is 432. The number of hydrogen-bond acceptors (Lipinski definition) is 3. The molecule has 0 aliphatic heterocycles. The minimum atomic E-state index is -0.107. The van der Waals surface area contributed by atoms with E-state index in [1.165, 1.54) is 13.8 Å². The van der Waals surface area contributed by atoms with Crippen molar-refractivity contribution in [2.24, 2.45) is 0 Å². The summed E-state index contributed by atoms with van der Waals surface area (Å²) in [6, 6.07) is 7.25. The summed E-state index contributed by atoms with van der Waals surface area (Å²) >= 11 is 0. The average molecular weight is 250 g/mol. The van der Waals surface area contributed by atoms with Gasteiger partial charge in [0.1, 0.15) is 5.75 Å². The van der Waals surface area contributed by atoms with E-state index in [9.17, 15) is 9.59 Å². The van der Waals surface area contributed by atoms with E-state index in [-0.39, 0.29) is 11.8 Å². The van der Waals surface area contributed by atoms with Crippen LogP contribution in [0.5, 0.6) is 5.75 Å². The Labute approximate surface area is 107 Å². The minimum absolute atomic E-state index is 0.0754. The van der Waals surface area contributed by atoms with E-state index in [0.717, 1.165) is 5.69 Å². The molecule has 5 heteroatoms. The van der Waals surface area contributed by atoms with E-state index in [0.29, 0.717) is 18.8 Å². The van der Waals surface area contributed by atoms with Crippen molar-refractivity contribution in [3.63, 3.8) is 0 Å². The number of rotatable bonds is 5. The quantitative estimate of drug-likeness (QED) is 0.853. The molecular formula is C13H18N2O3. The highest BCUT2D eigenvalue weighted by Crippen LogP contribution is 2.20. The topological polar surface area (TPSA) is 58.6 Å². The molecule has 1 aromatic rings. The molecule has 0 atom stereocenters. The fourth-order valence-corrected chi connectivity index (χ4v) is 1.59. The van der Waals surface area contributed by atoms with Gasteiger partial charge in [-0.2, -0.15) is 0 Å².